The van der Waals surface area contributed by atoms with E-state index in [9.17, 15) is 4.79 Å². The summed E-state index contributed by atoms with van der Waals surface area (Å²) < 4.78 is 6.53. The summed E-state index contributed by atoms with van der Waals surface area (Å²) >= 11 is 6.37. The normalized spacial score (nSPS) is 12.5. The molecule has 2 rings (SSSR count). The highest BCUT2D eigenvalue weighted by Gasteiger charge is 2.13. The monoisotopic (exact) mass is 362 g/mol. The Morgan fingerprint density at radius 1 is 1.58 bits per heavy atom. The topological polar surface area (TPSA) is 76.2 Å². The highest BCUT2D eigenvalue weighted by molar-refractivity contribution is 9.11. The van der Waals surface area contributed by atoms with E-state index in [4.69, 9.17) is 9.52 Å². The summed E-state index contributed by atoms with van der Waals surface area (Å²) in [6.45, 7) is 1.68. The summed E-state index contributed by atoms with van der Waals surface area (Å²) in [6, 6.07) is 3.83. The predicted molar refractivity (Wildman–Crippen MR) is 78.3 cm³/mol. The van der Waals surface area contributed by atoms with Gasteiger partial charge >= 0.3 is 5.97 Å². The predicted octanol–water partition coefficient (Wildman–Crippen LogP) is 3.51. The molecule has 19 heavy (non-hydrogen) atoms. The Morgan fingerprint density at radius 3 is 3.00 bits per heavy atom. The van der Waals surface area contributed by atoms with E-state index in [-0.39, 0.29) is 5.92 Å². The summed E-state index contributed by atoms with van der Waals surface area (Å²) in [5.41, 5.74) is 0. The zero-order valence-electron chi connectivity index (χ0n) is 10.00. The molecule has 0 aliphatic heterocycles. The second kappa shape index (κ2) is 6.53. The van der Waals surface area contributed by atoms with Crippen LogP contribution >= 0.6 is 39.0 Å². The van der Waals surface area contributed by atoms with Crippen molar-refractivity contribution in [3.05, 3.63) is 21.8 Å². The van der Waals surface area contributed by atoms with E-state index >= 15 is 0 Å². The minimum absolute atomic E-state index is 0.374. The lowest BCUT2D eigenvalue weighted by atomic mass is 10.2. The van der Waals surface area contributed by atoms with Crippen molar-refractivity contribution in [1.82, 2.24) is 10.2 Å². The van der Waals surface area contributed by atoms with Crippen molar-refractivity contribution in [2.75, 3.05) is 5.75 Å². The Hall–Kier alpha value is -0.860. The van der Waals surface area contributed by atoms with Crippen molar-refractivity contribution in [1.29, 1.82) is 0 Å². The second-order valence-electron chi connectivity index (χ2n) is 3.86. The van der Waals surface area contributed by atoms with E-state index in [0.29, 0.717) is 23.3 Å². The first kappa shape index (κ1) is 14.5. The maximum absolute atomic E-state index is 10.7. The van der Waals surface area contributed by atoms with E-state index in [1.165, 1.54) is 23.1 Å². The molecule has 0 aromatic carbocycles. The van der Waals surface area contributed by atoms with Crippen LogP contribution in [0.2, 0.25) is 0 Å². The summed E-state index contributed by atoms with van der Waals surface area (Å²) in [7, 11) is 0. The van der Waals surface area contributed by atoms with Crippen LogP contribution < -0.4 is 0 Å². The van der Waals surface area contributed by atoms with Gasteiger partial charge in [0.05, 0.1) is 20.3 Å². The number of thioether (sulfide) groups is 1. The van der Waals surface area contributed by atoms with E-state index in [0.717, 1.165) is 8.66 Å². The molecule has 5 nitrogen and oxygen atoms in total. The standard InChI is InChI=1S/C11H11BrN2O3S2/c1-6(11(15)16)4-18-5-9-13-14-10(17-9)7-2-3-8(12)19-7/h2-3,6H,4-5H2,1H3,(H,15,16). The van der Waals surface area contributed by atoms with Crippen molar-refractivity contribution in [2.24, 2.45) is 5.92 Å². The van der Waals surface area contributed by atoms with Gasteiger partial charge in [0.1, 0.15) is 0 Å². The first-order valence-corrected chi connectivity index (χ1v) is 8.21. The highest BCUT2D eigenvalue weighted by Crippen LogP contribution is 2.30. The molecule has 0 spiro atoms. The second-order valence-corrected chi connectivity index (χ2v) is 7.35. The quantitative estimate of drug-likeness (QED) is 0.846. The summed E-state index contributed by atoms with van der Waals surface area (Å²) in [5.74, 6) is 0.900. The fourth-order valence-electron chi connectivity index (χ4n) is 1.24. The Morgan fingerprint density at radius 2 is 2.37 bits per heavy atom. The fourth-order valence-corrected chi connectivity index (χ4v) is 3.45. The average Bonchev–Trinajstić information content (AvgIpc) is 2.97. The van der Waals surface area contributed by atoms with Gasteiger partial charge in [0, 0.05) is 5.75 Å². The minimum Gasteiger partial charge on any atom is -0.481 e. The van der Waals surface area contributed by atoms with Gasteiger partial charge in [-0.2, -0.15) is 11.8 Å². The molecule has 0 saturated heterocycles. The number of carboxylic acid groups (broad SMARTS) is 1. The number of thiophene rings is 1. The van der Waals surface area contributed by atoms with Crippen LogP contribution in [0.5, 0.6) is 0 Å². The van der Waals surface area contributed by atoms with E-state index in [1.54, 1.807) is 6.92 Å². The maximum Gasteiger partial charge on any atom is 0.307 e. The molecule has 8 heteroatoms. The number of aliphatic carboxylic acids is 1. The Labute approximate surface area is 126 Å². The molecule has 0 saturated carbocycles. The van der Waals surface area contributed by atoms with E-state index in [2.05, 4.69) is 26.1 Å². The van der Waals surface area contributed by atoms with Gasteiger partial charge in [-0.25, -0.2) is 0 Å². The molecule has 0 aliphatic carbocycles. The third kappa shape index (κ3) is 4.05. The lowest BCUT2D eigenvalue weighted by molar-refractivity contribution is -0.140. The van der Waals surface area contributed by atoms with Gasteiger partial charge in [-0.05, 0) is 28.1 Å². The molecule has 2 aromatic rings. The van der Waals surface area contributed by atoms with Crippen LogP contribution in [-0.4, -0.2) is 27.0 Å². The number of aromatic nitrogens is 2. The number of nitrogens with zero attached hydrogens (tertiary/aromatic N) is 2. The first-order valence-electron chi connectivity index (χ1n) is 5.45. The molecular weight excluding hydrogens is 352 g/mol. The molecule has 102 valence electrons. The van der Waals surface area contributed by atoms with Crippen LogP contribution in [0.4, 0.5) is 0 Å². The summed E-state index contributed by atoms with van der Waals surface area (Å²) in [4.78, 5) is 11.6. The molecule has 2 heterocycles. The van der Waals surface area contributed by atoms with Crippen molar-refractivity contribution in [3.63, 3.8) is 0 Å². The summed E-state index contributed by atoms with van der Waals surface area (Å²) in [5, 5.41) is 16.7. The smallest absolute Gasteiger partial charge is 0.307 e. The molecule has 0 radical (unpaired) electrons. The number of halogens is 1. The molecular formula is C11H11BrN2O3S2. The van der Waals surface area contributed by atoms with Crippen LogP contribution in [0, 0.1) is 5.92 Å². The maximum atomic E-state index is 10.7. The Kier molecular flexibility index (Phi) is 5.00. The van der Waals surface area contributed by atoms with Gasteiger partial charge in [-0.3, -0.25) is 4.79 Å². The first-order chi connectivity index (χ1) is 9.06. The van der Waals surface area contributed by atoms with Crippen molar-refractivity contribution in [2.45, 2.75) is 12.7 Å². The van der Waals surface area contributed by atoms with Gasteiger partial charge in [0.15, 0.2) is 0 Å². The Balaban J connectivity index is 1.89. The number of hydrogen-bond acceptors (Lipinski definition) is 6. The van der Waals surface area contributed by atoms with Crippen LogP contribution in [0.25, 0.3) is 10.8 Å². The SMILES string of the molecule is CC(CSCc1nnc(-c2ccc(Br)s2)o1)C(=O)O. The molecule has 0 fully saturated rings. The lowest BCUT2D eigenvalue weighted by Crippen LogP contribution is -2.11. The van der Waals surface area contributed by atoms with Crippen molar-refractivity contribution >= 4 is 45.0 Å². The summed E-state index contributed by atoms with van der Waals surface area (Å²) in [6.07, 6.45) is 0. The third-order valence-corrected chi connectivity index (χ3v) is 5.06. The number of carbonyl (C=O) groups is 1. The van der Waals surface area contributed by atoms with Crippen LogP contribution in [0.3, 0.4) is 0 Å². The minimum atomic E-state index is -0.790. The largest absolute Gasteiger partial charge is 0.481 e. The number of carboxylic acids is 1. The zero-order chi connectivity index (χ0) is 13.8. The van der Waals surface area contributed by atoms with E-state index in [1.807, 2.05) is 12.1 Å². The van der Waals surface area contributed by atoms with Crippen LogP contribution in [0.1, 0.15) is 12.8 Å². The molecule has 1 atom stereocenters. The molecule has 0 amide bonds. The van der Waals surface area contributed by atoms with E-state index < -0.39 is 5.97 Å². The van der Waals surface area contributed by atoms with Crippen molar-refractivity contribution < 1.29 is 14.3 Å². The van der Waals surface area contributed by atoms with Gasteiger partial charge in [-0.1, -0.05) is 6.92 Å². The molecule has 0 aliphatic rings. The average molecular weight is 363 g/mol. The van der Waals surface area contributed by atoms with Gasteiger partial charge in [-0.15, -0.1) is 21.5 Å². The highest BCUT2D eigenvalue weighted by atomic mass is 79.9. The lowest BCUT2D eigenvalue weighted by Gasteiger charge is -2.02. The molecule has 0 bridgehead atoms. The van der Waals surface area contributed by atoms with Crippen LogP contribution in [0.15, 0.2) is 20.3 Å². The molecule has 1 N–H and O–H groups in total. The van der Waals surface area contributed by atoms with Gasteiger partial charge in [0.2, 0.25) is 5.89 Å². The third-order valence-electron chi connectivity index (χ3n) is 2.27. The number of rotatable bonds is 6. The fraction of sp³-hybridized carbons (Fsp3) is 0.364. The molecule has 2 aromatic heterocycles. The van der Waals surface area contributed by atoms with Gasteiger partial charge < -0.3 is 9.52 Å². The van der Waals surface area contributed by atoms with Gasteiger partial charge in [0.25, 0.3) is 5.89 Å². The van der Waals surface area contributed by atoms with Crippen molar-refractivity contribution in [3.8, 4) is 10.8 Å². The number of hydrogen-bond donors (Lipinski definition) is 1. The zero-order valence-corrected chi connectivity index (χ0v) is 13.2. The molecule has 1 unspecified atom stereocenters. The van der Waals surface area contributed by atoms with Crippen LogP contribution in [-0.2, 0) is 10.5 Å². The Bertz CT molecular complexity index is 570.